The standard InChI is InChI=1S/C11H17N3O6/c1-11(9(12)19)2-3-14(5-11)10(20)13-6(8(17)18)4-7(15)16/h6H,2-5H2,1H3,(H2,12,19)(H,13,20)(H,15,16)(H,17,18)/t6-,11?/m1/s1. The van der Waals surface area contributed by atoms with Gasteiger partial charge in [0.2, 0.25) is 5.91 Å². The summed E-state index contributed by atoms with van der Waals surface area (Å²) in [4.78, 5) is 45.7. The zero-order valence-corrected chi connectivity index (χ0v) is 11.0. The normalized spacial score (nSPS) is 23.1. The van der Waals surface area contributed by atoms with Crippen LogP contribution in [0.15, 0.2) is 0 Å². The van der Waals surface area contributed by atoms with Crippen molar-refractivity contribution in [1.29, 1.82) is 0 Å². The topological polar surface area (TPSA) is 150 Å². The molecule has 0 radical (unpaired) electrons. The smallest absolute Gasteiger partial charge is 0.326 e. The first-order valence-electron chi connectivity index (χ1n) is 5.95. The number of hydrogen-bond donors (Lipinski definition) is 4. The summed E-state index contributed by atoms with van der Waals surface area (Å²) in [6.45, 7) is 1.95. The maximum atomic E-state index is 11.9. The number of amides is 3. The van der Waals surface area contributed by atoms with Crippen molar-refractivity contribution in [2.24, 2.45) is 11.1 Å². The quantitative estimate of drug-likeness (QED) is 0.500. The van der Waals surface area contributed by atoms with Crippen LogP contribution in [0.1, 0.15) is 19.8 Å². The molecule has 1 heterocycles. The number of carboxylic acids is 2. The molecule has 1 aliphatic rings. The number of nitrogens with one attached hydrogen (secondary N) is 1. The van der Waals surface area contributed by atoms with Crippen molar-refractivity contribution < 1.29 is 29.4 Å². The largest absolute Gasteiger partial charge is 0.481 e. The number of hydrogen-bond acceptors (Lipinski definition) is 4. The fourth-order valence-electron chi connectivity index (χ4n) is 1.95. The lowest BCUT2D eigenvalue weighted by Gasteiger charge is -2.22. The van der Waals surface area contributed by atoms with Crippen molar-refractivity contribution in [3.05, 3.63) is 0 Å². The first kappa shape index (κ1) is 15.7. The van der Waals surface area contributed by atoms with Crippen LogP contribution in [0.5, 0.6) is 0 Å². The predicted octanol–water partition coefficient (Wildman–Crippen LogP) is -1.18. The number of likely N-dealkylation sites (tertiary alicyclic amines) is 1. The molecule has 1 rings (SSSR count). The van der Waals surface area contributed by atoms with E-state index >= 15 is 0 Å². The average molecular weight is 287 g/mol. The van der Waals surface area contributed by atoms with Gasteiger partial charge in [-0.25, -0.2) is 9.59 Å². The molecule has 0 aromatic carbocycles. The minimum Gasteiger partial charge on any atom is -0.481 e. The van der Waals surface area contributed by atoms with Crippen LogP contribution in [-0.2, 0) is 14.4 Å². The molecule has 9 heteroatoms. The number of carbonyl (C=O) groups excluding carboxylic acids is 2. The van der Waals surface area contributed by atoms with E-state index in [1.54, 1.807) is 6.92 Å². The van der Waals surface area contributed by atoms with Crippen LogP contribution in [0, 0.1) is 5.41 Å². The summed E-state index contributed by atoms with van der Waals surface area (Å²) in [5.41, 5.74) is 4.40. The highest BCUT2D eigenvalue weighted by molar-refractivity contribution is 5.87. The number of nitrogens with two attached hydrogens (primary N) is 1. The lowest BCUT2D eigenvalue weighted by atomic mass is 9.89. The van der Waals surface area contributed by atoms with E-state index in [1.165, 1.54) is 4.90 Å². The minimum absolute atomic E-state index is 0.0770. The molecular weight excluding hydrogens is 270 g/mol. The molecule has 1 unspecified atom stereocenters. The van der Waals surface area contributed by atoms with Gasteiger partial charge in [-0.1, -0.05) is 0 Å². The van der Waals surface area contributed by atoms with Crippen molar-refractivity contribution in [2.45, 2.75) is 25.8 Å². The van der Waals surface area contributed by atoms with Crippen LogP contribution < -0.4 is 11.1 Å². The third-order valence-corrected chi connectivity index (χ3v) is 3.33. The van der Waals surface area contributed by atoms with Crippen LogP contribution in [-0.4, -0.2) is 58.1 Å². The van der Waals surface area contributed by atoms with E-state index < -0.39 is 41.8 Å². The Hall–Kier alpha value is -2.32. The summed E-state index contributed by atoms with van der Waals surface area (Å²) in [6.07, 6.45) is -0.339. The summed E-state index contributed by atoms with van der Waals surface area (Å²) >= 11 is 0. The molecule has 9 nitrogen and oxygen atoms in total. The van der Waals surface area contributed by atoms with Gasteiger partial charge in [0.05, 0.1) is 11.8 Å². The molecule has 20 heavy (non-hydrogen) atoms. The SMILES string of the molecule is CC1(C(N)=O)CCN(C(=O)N[C@H](CC(=O)O)C(=O)O)C1. The first-order valence-corrected chi connectivity index (χ1v) is 5.95. The monoisotopic (exact) mass is 287 g/mol. The molecule has 1 aliphatic heterocycles. The van der Waals surface area contributed by atoms with Crippen molar-refractivity contribution in [2.75, 3.05) is 13.1 Å². The number of nitrogens with zero attached hydrogens (tertiary/aromatic N) is 1. The van der Waals surface area contributed by atoms with Gasteiger partial charge in [-0.15, -0.1) is 0 Å². The number of carboxylic acid groups (broad SMARTS) is 2. The molecule has 0 saturated carbocycles. The Kier molecular flexibility index (Phi) is 4.53. The summed E-state index contributed by atoms with van der Waals surface area (Å²) in [5, 5.41) is 19.5. The molecule has 3 amide bonds. The van der Waals surface area contributed by atoms with E-state index in [-0.39, 0.29) is 13.1 Å². The van der Waals surface area contributed by atoms with Crippen LogP contribution in [0.25, 0.3) is 0 Å². The third-order valence-electron chi connectivity index (χ3n) is 3.33. The lowest BCUT2D eigenvalue weighted by Crippen LogP contribution is -2.49. The van der Waals surface area contributed by atoms with Gasteiger partial charge in [-0.3, -0.25) is 9.59 Å². The molecule has 0 aliphatic carbocycles. The Balaban J connectivity index is 2.65. The Labute approximate surface area is 114 Å². The third kappa shape index (κ3) is 3.59. The number of carbonyl (C=O) groups is 4. The highest BCUT2D eigenvalue weighted by Gasteiger charge is 2.41. The van der Waals surface area contributed by atoms with Gasteiger partial charge in [0, 0.05) is 13.1 Å². The number of rotatable bonds is 5. The van der Waals surface area contributed by atoms with Gasteiger partial charge in [0.15, 0.2) is 0 Å². The molecule has 0 aromatic heterocycles. The van der Waals surface area contributed by atoms with Gasteiger partial charge in [-0.05, 0) is 13.3 Å². The van der Waals surface area contributed by atoms with E-state index in [0.29, 0.717) is 6.42 Å². The molecule has 0 bridgehead atoms. The highest BCUT2D eigenvalue weighted by atomic mass is 16.4. The molecule has 1 fully saturated rings. The van der Waals surface area contributed by atoms with Crippen LogP contribution in [0.2, 0.25) is 0 Å². The molecule has 0 aromatic rings. The molecule has 112 valence electrons. The molecule has 1 saturated heterocycles. The summed E-state index contributed by atoms with van der Waals surface area (Å²) < 4.78 is 0. The van der Waals surface area contributed by atoms with E-state index in [9.17, 15) is 19.2 Å². The fourth-order valence-corrected chi connectivity index (χ4v) is 1.95. The highest BCUT2D eigenvalue weighted by Crippen LogP contribution is 2.29. The van der Waals surface area contributed by atoms with E-state index in [2.05, 4.69) is 5.32 Å². The summed E-state index contributed by atoms with van der Waals surface area (Å²) in [7, 11) is 0. The predicted molar refractivity (Wildman–Crippen MR) is 65.7 cm³/mol. The zero-order chi connectivity index (χ0) is 15.5. The fraction of sp³-hybridized carbons (Fsp3) is 0.636. The average Bonchev–Trinajstić information content (AvgIpc) is 2.71. The molecular formula is C11H17N3O6. The van der Waals surface area contributed by atoms with Crippen molar-refractivity contribution >= 4 is 23.9 Å². The Bertz CT molecular complexity index is 451. The van der Waals surface area contributed by atoms with Gasteiger partial charge < -0.3 is 26.2 Å². The second kappa shape index (κ2) is 5.76. The maximum Gasteiger partial charge on any atom is 0.326 e. The van der Waals surface area contributed by atoms with Gasteiger partial charge >= 0.3 is 18.0 Å². The van der Waals surface area contributed by atoms with Crippen LogP contribution >= 0.6 is 0 Å². The zero-order valence-electron chi connectivity index (χ0n) is 11.0. The summed E-state index contributed by atoms with van der Waals surface area (Å²) in [5.74, 6) is -3.30. The first-order chi connectivity index (χ1) is 9.15. The van der Waals surface area contributed by atoms with E-state index in [4.69, 9.17) is 15.9 Å². The Morgan fingerprint density at radius 1 is 1.35 bits per heavy atom. The molecule has 0 spiro atoms. The minimum atomic E-state index is -1.51. The van der Waals surface area contributed by atoms with Crippen molar-refractivity contribution in [3.63, 3.8) is 0 Å². The number of urea groups is 1. The van der Waals surface area contributed by atoms with Crippen LogP contribution in [0.3, 0.4) is 0 Å². The second-order valence-electron chi connectivity index (χ2n) is 5.03. The van der Waals surface area contributed by atoms with Crippen molar-refractivity contribution in [3.8, 4) is 0 Å². The molecule has 2 atom stereocenters. The molecule has 5 N–H and O–H groups in total. The maximum absolute atomic E-state index is 11.9. The second-order valence-corrected chi connectivity index (χ2v) is 5.03. The summed E-state index contributed by atoms with van der Waals surface area (Å²) in [6, 6.07) is -2.23. The number of primary amides is 1. The number of aliphatic carboxylic acids is 2. The lowest BCUT2D eigenvalue weighted by molar-refractivity contribution is -0.145. The van der Waals surface area contributed by atoms with Gasteiger partial charge in [-0.2, -0.15) is 0 Å². The van der Waals surface area contributed by atoms with Gasteiger partial charge in [0.1, 0.15) is 6.04 Å². The van der Waals surface area contributed by atoms with E-state index in [1.807, 2.05) is 0 Å². The van der Waals surface area contributed by atoms with Crippen molar-refractivity contribution in [1.82, 2.24) is 10.2 Å². The van der Waals surface area contributed by atoms with E-state index in [0.717, 1.165) is 0 Å². The van der Waals surface area contributed by atoms with Gasteiger partial charge in [0.25, 0.3) is 0 Å². The van der Waals surface area contributed by atoms with Crippen LogP contribution in [0.4, 0.5) is 4.79 Å². The Morgan fingerprint density at radius 2 is 1.95 bits per heavy atom. The Morgan fingerprint density at radius 3 is 2.35 bits per heavy atom.